The van der Waals surface area contributed by atoms with Gasteiger partial charge in [0.05, 0.1) is 6.61 Å². The maximum Gasteiger partial charge on any atom is 0.122 e. The first-order valence-electron chi connectivity index (χ1n) is 6.59. The first-order chi connectivity index (χ1) is 8.67. The Labute approximate surface area is 109 Å². The number of hydrogen-bond acceptors (Lipinski definition) is 3. The Hall–Kier alpha value is -1.06. The summed E-state index contributed by atoms with van der Waals surface area (Å²) in [5.41, 5.74) is 1.14. The lowest BCUT2D eigenvalue weighted by molar-refractivity contribution is 0.144. The molecule has 0 amide bonds. The van der Waals surface area contributed by atoms with Crippen molar-refractivity contribution in [3.63, 3.8) is 0 Å². The number of hydrogen-bond donors (Lipinski definition) is 2. The van der Waals surface area contributed by atoms with Gasteiger partial charge in [-0.1, -0.05) is 32.0 Å². The Balaban J connectivity index is 2.58. The molecule has 1 aromatic rings. The number of aliphatic hydroxyl groups excluding tert-OH is 2. The Kier molecular flexibility index (Phi) is 6.76. The number of benzene rings is 1. The zero-order valence-electron chi connectivity index (χ0n) is 11.3. The maximum atomic E-state index is 9.06. The third-order valence-electron chi connectivity index (χ3n) is 2.88. The minimum absolute atomic E-state index is 0.0333. The fraction of sp³-hybridized carbons (Fsp3) is 0.600. The van der Waals surface area contributed by atoms with E-state index in [9.17, 15) is 0 Å². The van der Waals surface area contributed by atoms with Crippen LogP contribution in [0.15, 0.2) is 24.3 Å². The second-order valence-corrected chi connectivity index (χ2v) is 5.08. The van der Waals surface area contributed by atoms with Gasteiger partial charge < -0.3 is 14.9 Å². The first-order valence-corrected chi connectivity index (χ1v) is 6.59. The Morgan fingerprint density at radius 2 is 1.78 bits per heavy atom. The molecular formula is C15H24O3. The molecule has 0 aliphatic rings. The molecule has 0 fully saturated rings. The summed E-state index contributed by atoms with van der Waals surface area (Å²) >= 11 is 0. The summed E-state index contributed by atoms with van der Waals surface area (Å²) < 4.78 is 5.77. The third-order valence-corrected chi connectivity index (χ3v) is 2.88. The summed E-state index contributed by atoms with van der Waals surface area (Å²) in [5.74, 6) is 1.38. The van der Waals surface area contributed by atoms with E-state index >= 15 is 0 Å². The molecule has 0 aliphatic carbocycles. The van der Waals surface area contributed by atoms with Crippen molar-refractivity contribution < 1.29 is 14.9 Å². The first kappa shape index (κ1) is 15.0. The number of para-hydroxylation sites is 1. The highest BCUT2D eigenvalue weighted by molar-refractivity contribution is 5.33. The lowest BCUT2D eigenvalue weighted by atomic mass is 10.0. The van der Waals surface area contributed by atoms with Gasteiger partial charge in [0.15, 0.2) is 0 Å². The average Bonchev–Trinajstić information content (AvgIpc) is 2.38. The molecule has 0 bridgehead atoms. The molecule has 2 N–H and O–H groups in total. The monoisotopic (exact) mass is 252 g/mol. The average molecular weight is 252 g/mol. The smallest absolute Gasteiger partial charge is 0.122 e. The molecule has 1 aromatic carbocycles. The van der Waals surface area contributed by atoms with Gasteiger partial charge in [-0.15, -0.1) is 0 Å². The number of rotatable bonds is 8. The molecule has 1 rings (SSSR count). The van der Waals surface area contributed by atoms with Crippen LogP contribution in [0.25, 0.3) is 0 Å². The molecule has 102 valence electrons. The molecule has 3 heteroatoms. The summed E-state index contributed by atoms with van der Waals surface area (Å²) in [4.78, 5) is 0. The van der Waals surface area contributed by atoms with Crippen LogP contribution < -0.4 is 4.74 Å². The van der Waals surface area contributed by atoms with Crippen molar-refractivity contribution in [2.75, 3.05) is 19.8 Å². The fourth-order valence-electron chi connectivity index (χ4n) is 1.71. The molecule has 0 unspecified atom stereocenters. The second kappa shape index (κ2) is 8.11. The molecule has 0 radical (unpaired) electrons. The molecule has 0 saturated carbocycles. The Bertz CT molecular complexity index is 332. The van der Waals surface area contributed by atoms with Crippen molar-refractivity contribution in [2.24, 2.45) is 11.8 Å². The highest BCUT2D eigenvalue weighted by Crippen LogP contribution is 2.21. The minimum Gasteiger partial charge on any atom is -0.493 e. The van der Waals surface area contributed by atoms with Crippen molar-refractivity contribution in [3.05, 3.63) is 29.8 Å². The van der Waals surface area contributed by atoms with E-state index in [0.29, 0.717) is 12.5 Å². The Morgan fingerprint density at radius 3 is 2.39 bits per heavy atom. The summed E-state index contributed by atoms with van der Waals surface area (Å²) in [6, 6.07) is 7.98. The molecular weight excluding hydrogens is 228 g/mol. The van der Waals surface area contributed by atoms with Gasteiger partial charge in [0.1, 0.15) is 5.75 Å². The number of aliphatic hydroxyl groups is 2. The van der Waals surface area contributed by atoms with Gasteiger partial charge in [-0.3, -0.25) is 0 Å². The van der Waals surface area contributed by atoms with Crippen molar-refractivity contribution >= 4 is 0 Å². The normalized spacial score (nSPS) is 11.2. The summed E-state index contributed by atoms with van der Waals surface area (Å²) in [7, 11) is 0. The van der Waals surface area contributed by atoms with Gasteiger partial charge >= 0.3 is 0 Å². The molecule has 0 saturated heterocycles. The largest absolute Gasteiger partial charge is 0.493 e. The van der Waals surface area contributed by atoms with E-state index in [0.717, 1.165) is 24.2 Å². The minimum atomic E-state index is -0.0387. The molecule has 0 spiro atoms. The summed E-state index contributed by atoms with van der Waals surface area (Å²) in [6.07, 6.45) is 1.59. The van der Waals surface area contributed by atoms with Gasteiger partial charge in [-0.2, -0.15) is 0 Å². The second-order valence-electron chi connectivity index (χ2n) is 5.08. The lowest BCUT2D eigenvalue weighted by Crippen LogP contribution is -2.12. The van der Waals surface area contributed by atoms with Crippen molar-refractivity contribution in [1.82, 2.24) is 0 Å². The van der Waals surface area contributed by atoms with Crippen LogP contribution in [0, 0.1) is 11.8 Å². The summed E-state index contributed by atoms with van der Waals surface area (Å²) in [5, 5.41) is 18.1. The standard InChI is InChI=1S/C15H24O3/c1-12(2)11-18-15-6-4-3-5-14(15)8-7-13(9-16)10-17/h3-6,12-13,16-17H,7-11H2,1-2H3. The van der Waals surface area contributed by atoms with E-state index in [1.165, 1.54) is 0 Å². The van der Waals surface area contributed by atoms with Crippen LogP contribution in [-0.2, 0) is 6.42 Å². The number of ether oxygens (including phenoxy) is 1. The molecule has 3 nitrogen and oxygen atoms in total. The van der Waals surface area contributed by atoms with E-state index in [2.05, 4.69) is 13.8 Å². The van der Waals surface area contributed by atoms with Crippen molar-refractivity contribution in [1.29, 1.82) is 0 Å². The lowest BCUT2D eigenvalue weighted by Gasteiger charge is -2.15. The predicted octanol–water partition coefficient (Wildman–Crippen LogP) is 2.25. The highest BCUT2D eigenvalue weighted by atomic mass is 16.5. The predicted molar refractivity (Wildman–Crippen MR) is 72.8 cm³/mol. The third kappa shape index (κ3) is 5.07. The fourth-order valence-corrected chi connectivity index (χ4v) is 1.71. The van der Waals surface area contributed by atoms with Crippen LogP contribution in [-0.4, -0.2) is 30.0 Å². The van der Waals surface area contributed by atoms with E-state index in [1.807, 2.05) is 24.3 Å². The van der Waals surface area contributed by atoms with Crippen molar-refractivity contribution in [2.45, 2.75) is 26.7 Å². The van der Waals surface area contributed by atoms with Crippen LogP contribution in [0.5, 0.6) is 5.75 Å². The molecule has 0 atom stereocenters. The summed E-state index contributed by atoms with van der Waals surface area (Å²) in [6.45, 7) is 5.02. The van der Waals surface area contributed by atoms with Gasteiger partial charge in [-0.05, 0) is 30.4 Å². The van der Waals surface area contributed by atoms with E-state index < -0.39 is 0 Å². The van der Waals surface area contributed by atoms with Gasteiger partial charge in [0, 0.05) is 19.1 Å². The maximum absolute atomic E-state index is 9.06. The van der Waals surface area contributed by atoms with Gasteiger partial charge in [-0.25, -0.2) is 0 Å². The molecule has 0 heterocycles. The number of aryl methyl sites for hydroxylation is 1. The zero-order chi connectivity index (χ0) is 13.4. The van der Waals surface area contributed by atoms with E-state index in [1.54, 1.807) is 0 Å². The molecule has 0 aliphatic heterocycles. The SMILES string of the molecule is CC(C)COc1ccccc1CCC(CO)CO. The Morgan fingerprint density at radius 1 is 1.11 bits per heavy atom. The quantitative estimate of drug-likeness (QED) is 0.746. The van der Waals surface area contributed by atoms with Gasteiger partial charge in [0.25, 0.3) is 0 Å². The van der Waals surface area contributed by atoms with Crippen LogP contribution in [0.3, 0.4) is 0 Å². The van der Waals surface area contributed by atoms with Crippen LogP contribution in [0.4, 0.5) is 0 Å². The van der Waals surface area contributed by atoms with Gasteiger partial charge in [0.2, 0.25) is 0 Å². The van der Waals surface area contributed by atoms with E-state index in [-0.39, 0.29) is 19.1 Å². The van der Waals surface area contributed by atoms with Crippen LogP contribution >= 0.6 is 0 Å². The van der Waals surface area contributed by atoms with Crippen LogP contribution in [0.2, 0.25) is 0 Å². The highest BCUT2D eigenvalue weighted by Gasteiger charge is 2.09. The molecule has 18 heavy (non-hydrogen) atoms. The van der Waals surface area contributed by atoms with Crippen molar-refractivity contribution in [3.8, 4) is 5.75 Å². The molecule has 0 aromatic heterocycles. The zero-order valence-corrected chi connectivity index (χ0v) is 11.3. The topological polar surface area (TPSA) is 49.7 Å². The van der Waals surface area contributed by atoms with Crippen LogP contribution in [0.1, 0.15) is 25.8 Å². The van der Waals surface area contributed by atoms with E-state index in [4.69, 9.17) is 14.9 Å².